The van der Waals surface area contributed by atoms with Crippen LogP contribution in [-0.4, -0.2) is 16.4 Å². The van der Waals surface area contributed by atoms with E-state index in [4.69, 9.17) is 5.21 Å². The van der Waals surface area contributed by atoms with E-state index in [-0.39, 0.29) is 0 Å². The molecular formula is C6H8N2OS. The van der Waals surface area contributed by atoms with Crippen molar-refractivity contribution in [1.29, 1.82) is 0 Å². The molecule has 0 aliphatic carbocycles. The van der Waals surface area contributed by atoms with Crippen molar-refractivity contribution in [3.63, 3.8) is 0 Å². The molecular weight excluding hydrogens is 148 g/mol. The van der Waals surface area contributed by atoms with Gasteiger partial charge in [0.2, 0.25) is 0 Å². The predicted molar refractivity (Wildman–Crippen MR) is 41.0 cm³/mol. The van der Waals surface area contributed by atoms with Gasteiger partial charge < -0.3 is 5.21 Å². The molecule has 3 nitrogen and oxygen atoms in total. The summed E-state index contributed by atoms with van der Waals surface area (Å²) in [6.45, 7) is 3.81. The average Bonchev–Trinajstić information content (AvgIpc) is 2.13. The molecule has 54 valence electrons. The van der Waals surface area contributed by atoms with Gasteiger partial charge in [0.15, 0.2) is 0 Å². The third kappa shape index (κ3) is 1.33. The zero-order valence-corrected chi connectivity index (χ0v) is 6.64. The second kappa shape index (κ2) is 2.79. The molecule has 1 rings (SSSR count). The summed E-state index contributed by atoms with van der Waals surface area (Å²) in [6, 6.07) is 0. The molecule has 0 aromatic carbocycles. The van der Waals surface area contributed by atoms with Crippen LogP contribution in [0.2, 0.25) is 0 Å². The summed E-state index contributed by atoms with van der Waals surface area (Å²) in [5.74, 6) is 0. The van der Waals surface area contributed by atoms with Gasteiger partial charge >= 0.3 is 0 Å². The molecule has 0 saturated heterocycles. The fourth-order valence-corrected chi connectivity index (χ4v) is 1.51. The largest absolute Gasteiger partial charge is 0.411 e. The maximum absolute atomic E-state index is 8.20. The van der Waals surface area contributed by atoms with E-state index < -0.39 is 0 Å². The van der Waals surface area contributed by atoms with Crippen LogP contribution < -0.4 is 0 Å². The zero-order chi connectivity index (χ0) is 7.56. The van der Waals surface area contributed by atoms with E-state index in [1.54, 1.807) is 0 Å². The first-order valence-electron chi connectivity index (χ1n) is 2.85. The van der Waals surface area contributed by atoms with Gasteiger partial charge in [-0.05, 0) is 13.8 Å². The molecule has 0 saturated carbocycles. The van der Waals surface area contributed by atoms with Gasteiger partial charge in [-0.25, -0.2) is 4.98 Å². The summed E-state index contributed by atoms with van der Waals surface area (Å²) in [5.41, 5.74) is 0.917. The van der Waals surface area contributed by atoms with Crippen molar-refractivity contribution < 1.29 is 5.21 Å². The Balaban J connectivity index is 3.03. The van der Waals surface area contributed by atoms with Gasteiger partial charge in [0.25, 0.3) is 0 Å². The molecule has 0 radical (unpaired) electrons. The Labute approximate surface area is 63.0 Å². The summed E-state index contributed by atoms with van der Waals surface area (Å²) >= 11 is 1.52. The van der Waals surface area contributed by atoms with Crippen molar-refractivity contribution in [2.75, 3.05) is 0 Å². The second-order valence-corrected chi connectivity index (χ2v) is 3.16. The van der Waals surface area contributed by atoms with Gasteiger partial charge in [0.05, 0.1) is 21.8 Å². The number of nitrogens with zero attached hydrogens (tertiary/aromatic N) is 2. The van der Waals surface area contributed by atoms with E-state index in [0.29, 0.717) is 0 Å². The Morgan fingerprint density at radius 1 is 1.60 bits per heavy atom. The zero-order valence-electron chi connectivity index (χ0n) is 5.83. The van der Waals surface area contributed by atoms with E-state index in [0.717, 1.165) is 15.6 Å². The van der Waals surface area contributed by atoms with E-state index in [1.807, 2.05) is 13.8 Å². The Morgan fingerprint density at radius 3 is 2.70 bits per heavy atom. The highest BCUT2D eigenvalue weighted by atomic mass is 32.1. The lowest BCUT2D eigenvalue weighted by Gasteiger charge is -1.80. The summed E-state index contributed by atoms with van der Waals surface area (Å²) in [6.07, 6.45) is 1.40. The summed E-state index contributed by atoms with van der Waals surface area (Å²) in [4.78, 5) is 5.06. The van der Waals surface area contributed by atoms with E-state index >= 15 is 0 Å². The lowest BCUT2D eigenvalue weighted by Crippen LogP contribution is -1.78. The Kier molecular flexibility index (Phi) is 2.01. The second-order valence-electron chi connectivity index (χ2n) is 1.93. The lowest BCUT2D eigenvalue weighted by atomic mass is 10.4. The molecule has 0 atom stereocenters. The van der Waals surface area contributed by atoms with Crippen molar-refractivity contribution in [2.45, 2.75) is 13.8 Å². The lowest BCUT2D eigenvalue weighted by molar-refractivity contribution is 0.322. The van der Waals surface area contributed by atoms with E-state index in [9.17, 15) is 0 Å². The number of aromatic nitrogens is 1. The van der Waals surface area contributed by atoms with Gasteiger partial charge in [0.1, 0.15) is 0 Å². The summed E-state index contributed by atoms with van der Waals surface area (Å²) < 4.78 is 0. The molecule has 0 bridgehead atoms. The third-order valence-electron chi connectivity index (χ3n) is 1.11. The van der Waals surface area contributed by atoms with Crippen molar-refractivity contribution in [3.8, 4) is 0 Å². The van der Waals surface area contributed by atoms with Gasteiger partial charge in [-0.15, -0.1) is 11.3 Å². The van der Waals surface area contributed by atoms with Crippen LogP contribution in [0.5, 0.6) is 0 Å². The molecule has 1 heterocycles. The fourth-order valence-electron chi connectivity index (χ4n) is 0.719. The minimum atomic E-state index is 0.917. The first-order valence-corrected chi connectivity index (χ1v) is 3.67. The summed E-state index contributed by atoms with van der Waals surface area (Å²) in [7, 11) is 0. The van der Waals surface area contributed by atoms with Crippen molar-refractivity contribution in [2.24, 2.45) is 5.16 Å². The quantitative estimate of drug-likeness (QED) is 0.381. The molecule has 0 aliphatic rings. The minimum Gasteiger partial charge on any atom is -0.411 e. The van der Waals surface area contributed by atoms with E-state index in [1.165, 1.54) is 17.6 Å². The van der Waals surface area contributed by atoms with Crippen molar-refractivity contribution in [3.05, 3.63) is 15.6 Å². The molecule has 0 unspecified atom stereocenters. The molecule has 0 amide bonds. The van der Waals surface area contributed by atoms with Gasteiger partial charge in [0, 0.05) is 0 Å². The SMILES string of the molecule is Cc1nc(C)c(C=NO)s1. The molecule has 0 fully saturated rings. The standard InChI is InChI=1S/C6H8N2OS/c1-4-6(3-7-9)10-5(2)8-4/h3,9H,1-2H3. The van der Waals surface area contributed by atoms with Crippen LogP contribution in [0.25, 0.3) is 0 Å². The topological polar surface area (TPSA) is 45.5 Å². The number of aryl methyl sites for hydroxylation is 2. The molecule has 1 aromatic rings. The van der Waals surface area contributed by atoms with Crippen LogP contribution in [0.15, 0.2) is 5.16 Å². The Morgan fingerprint density at radius 2 is 2.30 bits per heavy atom. The monoisotopic (exact) mass is 156 g/mol. The van der Waals surface area contributed by atoms with Crippen LogP contribution in [0.4, 0.5) is 0 Å². The highest BCUT2D eigenvalue weighted by molar-refractivity contribution is 7.13. The number of hydrogen-bond acceptors (Lipinski definition) is 4. The van der Waals surface area contributed by atoms with Gasteiger partial charge in [-0.1, -0.05) is 5.16 Å². The van der Waals surface area contributed by atoms with Crippen LogP contribution in [-0.2, 0) is 0 Å². The minimum absolute atomic E-state index is 0.917. The van der Waals surface area contributed by atoms with Crippen LogP contribution in [0, 0.1) is 13.8 Å². The Bertz CT molecular complexity index is 254. The molecule has 1 N–H and O–H groups in total. The number of oxime groups is 1. The van der Waals surface area contributed by atoms with Crippen LogP contribution >= 0.6 is 11.3 Å². The summed E-state index contributed by atoms with van der Waals surface area (Å²) in [5, 5.41) is 12.1. The maximum Gasteiger partial charge on any atom is 0.0904 e. The fraction of sp³-hybridized carbons (Fsp3) is 0.333. The molecule has 0 spiro atoms. The number of rotatable bonds is 1. The number of hydrogen-bond donors (Lipinski definition) is 1. The molecule has 0 aliphatic heterocycles. The van der Waals surface area contributed by atoms with Crippen LogP contribution in [0.3, 0.4) is 0 Å². The van der Waals surface area contributed by atoms with Crippen molar-refractivity contribution >= 4 is 17.6 Å². The smallest absolute Gasteiger partial charge is 0.0904 e. The molecule has 1 aromatic heterocycles. The highest BCUT2D eigenvalue weighted by Crippen LogP contribution is 2.13. The first-order chi connectivity index (χ1) is 4.74. The van der Waals surface area contributed by atoms with Gasteiger partial charge in [-0.3, -0.25) is 0 Å². The van der Waals surface area contributed by atoms with E-state index in [2.05, 4.69) is 10.1 Å². The number of thiazole rings is 1. The normalized spacial score (nSPS) is 11.0. The molecule has 4 heteroatoms. The van der Waals surface area contributed by atoms with Crippen molar-refractivity contribution in [1.82, 2.24) is 4.98 Å². The molecule has 10 heavy (non-hydrogen) atoms. The maximum atomic E-state index is 8.20. The van der Waals surface area contributed by atoms with Crippen LogP contribution in [0.1, 0.15) is 15.6 Å². The predicted octanol–water partition coefficient (Wildman–Crippen LogP) is 1.57. The third-order valence-corrected chi connectivity index (χ3v) is 2.12. The average molecular weight is 156 g/mol. The Hall–Kier alpha value is -0.900. The highest BCUT2D eigenvalue weighted by Gasteiger charge is 2.00. The first kappa shape index (κ1) is 7.21. The van der Waals surface area contributed by atoms with Gasteiger partial charge in [-0.2, -0.15) is 0 Å².